The van der Waals surface area contributed by atoms with Gasteiger partial charge in [0.05, 0.1) is 11.3 Å². The number of anilines is 1. The molecule has 1 amide bonds. The van der Waals surface area contributed by atoms with Crippen molar-refractivity contribution in [1.29, 1.82) is 0 Å². The summed E-state index contributed by atoms with van der Waals surface area (Å²) in [6.45, 7) is 0.650. The van der Waals surface area contributed by atoms with Crippen LogP contribution in [0.3, 0.4) is 0 Å². The lowest BCUT2D eigenvalue weighted by molar-refractivity contribution is 0.0684. The van der Waals surface area contributed by atoms with Gasteiger partial charge in [-0.1, -0.05) is 12.8 Å². The molecule has 1 unspecified atom stereocenters. The summed E-state index contributed by atoms with van der Waals surface area (Å²) >= 11 is 0. The molecule has 0 radical (unpaired) electrons. The van der Waals surface area contributed by atoms with Crippen LogP contribution in [0, 0.1) is 17.6 Å². The zero-order valence-corrected chi connectivity index (χ0v) is 11.9. The third-order valence-electron chi connectivity index (χ3n) is 4.82. The molecule has 2 N–H and O–H groups in total. The Morgan fingerprint density at radius 3 is 2.52 bits per heavy atom. The van der Waals surface area contributed by atoms with Crippen LogP contribution in [-0.4, -0.2) is 23.4 Å². The summed E-state index contributed by atoms with van der Waals surface area (Å²) in [6.07, 6.45) is 6.63. The fourth-order valence-electron chi connectivity index (χ4n) is 3.76. The van der Waals surface area contributed by atoms with Crippen molar-refractivity contribution < 1.29 is 13.6 Å². The quantitative estimate of drug-likeness (QED) is 0.850. The number of hydrogen-bond acceptors (Lipinski definition) is 2. The van der Waals surface area contributed by atoms with E-state index in [-0.39, 0.29) is 23.2 Å². The van der Waals surface area contributed by atoms with E-state index in [9.17, 15) is 13.6 Å². The second-order valence-corrected chi connectivity index (χ2v) is 6.11. The summed E-state index contributed by atoms with van der Waals surface area (Å²) in [5.41, 5.74) is 5.17. The summed E-state index contributed by atoms with van der Waals surface area (Å²) in [5, 5.41) is 0. The highest BCUT2D eigenvalue weighted by Gasteiger charge is 2.37. The van der Waals surface area contributed by atoms with Gasteiger partial charge >= 0.3 is 0 Å². The smallest absolute Gasteiger partial charge is 0.257 e. The van der Waals surface area contributed by atoms with E-state index in [0.29, 0.717) is 18.5 Å². The van der Waals surface area contributed by atoms with Crippen molar-refractivity contribution in [3.8, 4) is 0 Å². The zero-order chi connectivity index (χ0) is 15.0. The van der Waals surface area contributed by atoms with Crippen molar-refractivity contribution in [3.05, 3.63) is 29.3 Å². The topological polar surface area (TPSA) is 46.3 Å². The lowest BCUT2D eigenvalue weighted by atomic mass is 9.95. The molecule has 1 atom stereocenters. The first-order chi connectivity index (χ1) is 10.1. The van der Waals surface area contributed by atoms with Crippen molar-refractivity contribution in [2.75, 3.05) is 12.3 Å². The third-order valence-corrected chi connectivity index (χ3v) is 4.82. The molecule has 1 heterocycles. The van der Waals surface area contributed by atoms with Crippen LogP contribution in [0.2, 0.25) is 0 Å². The Morgan fingerprint density at radius 2 is 1.81 bits per heavy atom. The van der Waals surface area contributed by atoms with Gasteiger partial charge in [0.25, 0.3) is 5.91 Å². The second-order valence-electron chi connectivity index (χ2n) is 6.11. The standard InChI is InChI=1S/C16H20F2N2O/c17-12-9-13(18)14(19)8-11(12)16(21)20-7-3-6-15(20)10-4-1-2-5-10/h8-10,15H,1-7,19H2. The Labute approximate surface area is 123 Å². The fraction of sp³-hybridized carbons (Fsp3) is 0.562. The van der Waals surface area contributed by atoms with Gasteiger partial charge in [-0.3, -0.25) is 4.79 Å². The van der Waals surface area contributed by atoms with Gasteiger partial charge in [-0.25, -0.2) is 8.78 Å². The second kappa shape index (κ2) is 5.62. The fourth-order valence-corrected chi connectivity index (χ4v) is 3.76. The Balaban J connectivity index is 1.85. The number of nitrogen functional groups attached to an aromatic ring is 1. The van der Waals surface area contributed by atoms with Crippen LogP contribution < -0.4 is 5.73 Å². The van der Waals surface area contributed by atoms with Gasteiger partial charge in [0.2, 0.25) is 0 Å². The Kier molecular flexibility index (Phi) is 3.83. The number of rotatable bonds is 2. The van der Waals surface area contributed by atoms with Gasteiger partial charge in [0, 0.05) is 18.7 Å². The Morgan fingerprint density at radius 1 is 1.10 bits per heavy atom. The first kappa shape index (κ1) is 14.3. The number of nitrogens with zero attached hydrogens (tertiary/aromatic N) is 1. The normalized spacial score (nSPS) is 23.0. The highest BCUT2D eigenvalue weighted by molar-refractivity contribution is 5.95. The Bertz CT molecular complexity index is 555. The number of hydrogen-bond donors (Lipinski definition) is 1. The minimum atomic E-state index is -0.830. The van der Waals surface area contributed by atoms with E-state index in [1.165, 1.54) is 12.8 Å². The van der Waals surface area contributed by atoms with Crippen LogP contribution in [-0.2, 0) is 0 Å². The molecule has 21 heavy (non-hydrogen) atoms. The average Bonchev–Trinajstić information content (AvgIpc) is 3.11. The summed E-state index contributed by atoms with van der Waals surface area (Å²) < 4.78 is 27.1. The molecule has 114 valence electrons. The molecule has 2 aliphatic rings. The van der Waals surface area contributed by atoms with Gasteiger partial charge in [0.15, 0.2) is 0 Å². The van der Waals surface area contributed by atoms with Crippen LogP contribution in [0.1, 0.15) is 48.9 Å². The lowest BCUT2D eigenvalue weighted by Gasteiger charge is -2.29. The predicted molar refractivity (Wildman–Crippen MR) is 76.8 cm³/mol. The SMILES string of the molecule is Nc1cc(C(=O)N2CCCC2C2CCCC2)c(F)cc1F. The summed E-state index contributed by atoms with van der Waals surface area (Å²) in [5.74, 6) is -1.48. The highest BCUT2D eigenvalue weighted by Crippen LogP contribution is 2.36. The molecule has 2 fully saturated rings. The number of likely N-dealkylation sites (tertiary alicyclic amines) is 1. The van der Waals surface area contributed by atoms with Crippen molar-refractivity contribution in [2.45, 2.75) is 44.6 Å². The van der Waals surface area contributed by atoms with Gasteiger partial charge in [-0.2, -0.15) is 0 Å². The maximum absolute atomic E-state index is 13.9. The van der Waals surface area contributed by atoms with Gasteiger partial charge in [-0.15, -0.1) is 0 Å². The van der Waals surface area contributed by atoms with E-state index in [4.69, 9.17) is 5.73 Å². The van der Waals surface area contributed by atoms with E-state index in [1.54, 1.807) is 4.90 Å². The number of carbonyl (C=O) groups is 1. The molecule has 1 saturated heterocycles. The lowest BCUT2D eigenvalue weighted by Crippen LogP contribution is -2.39. The number of nitrogens with two attached hydrogens (primary N) is 1. The average molecular weight is 294 g/mol. The monoisotopic (exact) mass is 294 g/mol. The number of carbonyl (C=O) groups excluding carboxylic acids is 1. The minimum Gasteiger partial charge on any atom is -0.396 e. The number of halogens is 2. The van der Waals surface area contributed by atoms with Crippen LogP contribution in [0.25, 0.3) is 0 Å². The molecule has 1 aliphatic carbocycles. The van der Waals surface area contributed by atoms with E-state index in [0.717, 1.165) is 31.7 Å². The molecule has 3 rings (SSSR count). The molecule has 1 aliphatic heterocycles. The molecule has 5 heteroatoms. The van der Waals surface area contributed by atoms with Crippen molar-refractivity contribution >= 4 is 11.6 Å². The number of amides is 1. The molecular weight excluding hydrogens is 274 g/mol. The molecule has 1 aromatic carbocycles. The van der Waals surface area contributed by atoms with Gasteiger partial charge in [-0.05, 0) is 37.7 Å². The third kappa shape index (κ3) is 2.61. The first-order valence-corrected chi connectivity index (χ1v) is 7.63. The van der Waals surface area contributed by atoms with E-state index in [1.807, 2.05) is 0 Å². The summed E-state index contributed by atoms with van der Waals surface area (Å²) in [7, 11) is 0. The van der Waals surface area contributed by atoms with Crippen molar-refractivity contribution in [3.63, 3.8) is 0 Å². The first-order valence-electron chi connectivity index (χ1n) is 7.63. The van der Waals surface area contributed by atoms with E-state index in [2.05, 4.69) is 0 Å². The van der Waals surface area contributed by atoms with E-state index >= 15 is 0 Å². The van der Waals surface area contributed by atoms with Crippen LogP contribution >= 0.6 is 0 Å². The maximum Gasteiger partial charge on any atom is 0.257 e. The molecular formula is C16H20F2N2O. The largest absolute Gasteiger partial charge is 0.396 e. The zero-order valence-electron chi connectivity index (χ0n) is 11.9. The van der Waals surface area contributed by atoms with Gasteiger partial charge < -0.3 is 10.6 Å². The summed E-state index contributed by atoms with van der Waals surface area (Å²) in [4.78, 5) is 14.4. The Hall–Kier alpha value is -1.65. The maximum atomic E-state index is 13.9. The minimum absolute atomic E-state index is 0.112. The van der Waals surface area contributed by atoms with Crippen LogP contribution in [0.5, 0.6) is 0 Å². The molecule has 0 spiro atoms. The van der Waals surface area contributed by atoms with Crippen LogP contribution in [0.4, 0.5) is 14.5 Å². The predicted octanol–water partition coefficient (Wildman–Crippen LogP) is 3.34. The van der Waals surface area contributed by atoms with Crippen molar-refractivity contribution in [2.24, 2.45) is 5.92 Å². The molecule has 1 aromatic rings. The van der Waals surface area contributed by atoms with Crippen molar-refractivity contribution in [1.82, 2.24) is 4.90 Å². The van der Waals surface area contributed by atoms with Gasteiger partial charge in [0.1, 0.15) is 11.6 Å². The molecule has 1 saturated carbocycles. The van der Waals surface area contributed by atoms with Crippen LogP contribution in [0.15, 0.2) is 12.1 Å². The summed E-state index contributed by atoms with van der Waals surface area (Å²) in [6, 6.07) is 2.02. The molecule has 3 nitrogen and oxygen atoms in total. The molecule has 0 aromatic heterocycles. The number of benzene rings is 1. The molecule has 0 bridgehead atoms. The van der Waals surface area contributed by atoms with E-state index < -0.39 is 11.6 Å². The highest BCUT2D eigenvalue weighted by atomic mass is 19.1.